The number of pyridine rings is 1. The van der Waals surface area contributed by atoms with Gasteiger partial charge in [0.05, 0.1) is 11.4 Å². The van der Waals surface area contributed by atoms with E-state index in [9.17, 15) is 4.79 Å². The quantitative estimate of drug-likeness (QED) is 0.914. The van der Waals surface area contributed by atoms with Crippen LogP contribution in [0, 0.1) is 19.8 Å². The lowest BCUT2D eigenvalue weighted by Crippen LogP contribution is -2.13. The number of rotatable bonds is 4. The number of aryl methyl sites for hydroxylation is 2. The Kier molecular flexibility index (Phi) is 3.80. The first-order valence-corrected chi connectivity index (χ1v) is 7.73. The molecule has 2 aromatic heterocycles. The zero-order chi connectivity index (χ0) is 15.0. The van der Waals surface area contributed by atoms with E-state index in [1.54, 1.807) is 13.0 Å². The molecule has 0 atom stereocenters. The smallest absolute Gasteiger partial charge is 0.294 e. The first kappa shape index (κ1) is 14.3. The van der Waals surface area contributed by atoms with Gasteiger partial charge in [-0.2, -0.15) is 0 Å². The molecule has 0 saturated heterocycles. The number of nitrogens with zero attached hydrogens (tertiary/aromatic N) is 2. The molecule has 1 aliphatic rings. The van der Waals surface area contributed by atoms with Crippen LogP contribution in [0.15, 0.2) is 21.0 Å². The highest BCUT2D eigenvalue weighted by molar-refractivity contribution is 9.10. The van der Waals surface area contributed by atoms with Gasteiger partial charge in [0.1, 0.15) is 5.82 Å². The molecule has 1 aliphatic carbocycles. The first-order chi connectivity index (χ1) is 10.0. The van der Waals surface area contributed by atoms with Crippen molar-refractivity contribution in [2.75, 3.05) is 5.32 Å². The number of anilines is 1. The highest BCUT2D eigenvalue weighted by Gasteiger charge is 2.26. The van der Waals surface area contributed by atoms with Gasteiger partial charge in [0.25, 0.3) is 5.91 Å². The summed E-state index contributed by atoms with van der Waals surface area (Å²) in [5.41, 5.74) is 1.44. The van der Waals surface area contributed by atoms with Gasteiger partial charge in [-0.15, -0.1) is 0 Å². The van der Waals surface area contributed by atoms with Gasteiger partial charge in [-0.05, 0) is 60.7 Å². The highest BCUT2D eigenvalue weighted by Crippen LogP contribution is 2.32. The van der Waals surface area contributed by atoms with Gasteiger partial charge in [0.2, 0.25) is 5.76 Å². The lowest BCUT2D eigenvalue weighted by molar-refractivity contribution is 0.0993. The number of aromatic nitrogens is 2. The maximum atomic E-state index is 12.2. The highest BCUT2D eigenvalue weighted by atomic mass is 79.9. The minimum absolute atomic E-state index is 0.271. The Morgan fingerprint density at radius 2 is 2.10 bits per heavy atom. The lowest BCUT2D eigenvalue weighted by Gasteiger charge is -2.04. The summed E-state index contributed by atoms with van der Waals surface area (Å²) in [6, 6.07) is 3.59. The zero-order valence-electron chi connectivity index (χ0n) is 11.9. The molecule has 2 aromatic rings. The second-order valence-electron chi connectivity index (χ2n) is 5.39. The molecule has 1 amide bonds. The van der Waals surface area contributed by atoms with Crippen molar-refractivity contribution in [3.05, 3.63) is 39.6 Å². The van der Waals surface area contributed by atoms with Crippen LogP contribution >= 0.6 is 15.9 Å². The van der Waals surface area contributed by atoms with E-state index >= 15 is 0 Å². The zero-order valence-corrected chi connectivity index (χ0v) is 13.5. The van der Waals surface area contributed by atoms with Gasteiger partial charge in [-0.1, -0.05) is 0 Å². The standard InChI is InChI=1S/C15H16BrN3O2/c1-8-11(16)5-6-12(17-8)19-15(20)14-9(2)18-13(21-14)7-10-3-4-10/h5-6,10H,3-4,7H2,1-2H3,(H,17,19,20). The van der Waals surface area contributed by atoms with Crippen molar-refractivity contribution in [1.29, 1.82) is 0 Å². The molecule has 21 heavy (non-hydrogen) atoms. The average molecular weight is 350 g/mol. The summed E-state index contributed by atoms with van der Waals surface area (Å²) in [6.45, 7) is 3.66. The fourth-order valence-corrected chi connectivity index (χ4v) is 2.33. The van der Waals surface area contributed by atoms with E-state index in [2.05, 4.69) is 31.2 Å². The molecule has 6 heteroatoms. The van der Waals surface area contributed by atoms with Crippen molar-refractivity contribution in [2.45, 2.75) is 33.1 Å². The average Bonchev–Trinajstić information content (AvgIpc) is 3.16. The molecule has 2 heterocycles. The maximum Gasteiger partial charge on any atom is 0.294 e. The maximum absolute atomic E-state index is 12.2. The Hall–Kier alpha value is -1.69. The van der Waals surface area contributed by atoms with Crippen molar-refractivity contribution in [3.8, 4) is 0 Å². The first-order valence-electron chi connectivity index (χ1n) is 6.93. The molecule has 3 rings (SSSR count). The van der Waals surface area contributed by atoms with Gasteiger partial charge >= 0.3 is 0 Å². The normalized spacial score (nSPS) is 14.2. The number of amides is 1. The molecule has 110 valence electrons. The largest absolute Gasteiger partial charge is 0.435 e. The summed E-state index contributed by atoms with van der Waals surface area (Å²) >= 11 is 3.38. The molecule has 1 saturated carbocycles. The van der Waals surface area contributed by atoms with Gasteiger partial charge in [-0.3, -0.25) is 4.79 Å². The van der Waals surface area contributed by atoms with Gasteiger partial charge in [0, 0.05) is 10.9 Å². The summed E-state index contributed by atoms with van der Waals surface area (Å²) < 4.78 is 6.50. The predicted octanol–water partition coefficient (Wildman–Crippen LogP) is 3.65. The summed E-state index contributed by atoms with van der Waals surface area (Å²) in [5, 5.41) is 2.74. The van der Waals surface area contributed by atoms with E-state index in [1.165, 1.54) is 12.8 Å². The molecule has 0 spiro atoms. The Bertz CT molecular complexity index is 692. The van der Waals surface area contributed by atoms with Crippen LogP contribution in [0.5, 0.6) is 0 Å². The molecule has 0 aliphatic heterocycles. The Morgan fingerprint density at radius 3 is 2.76 bits per heavy atom. The number of nitrogens with one attached hydrogen (secondary N) is 1. The predicted molar refractivity (Wildman–Crippen MR) is 82.3 cm³/mol. The Morgan fingerprint density at radius 1 is 1.33 bits per heavy atom. The number of carbonyl (C=O) groups excluding carboxylic acids is 1. The van der Waals surface area contributed by atoms with Crippen molar-refractivity contribution in [3.63, 3.8) is 0 Å². The van der Waals surface area contributed by atoms with Crippen LogP contribution < -0.4 is 5.32 Å². The van der Waals surface area contributed by atoms with Gasteiger partial charge in [-0.25, -0.2) is 9.97 Å². The van der Waals surface area contributed by atoms with E-state index in [0.29, 0.717) is 23.3 Å². The molecule has 0 unspecified atom stereocenters. The summed E-state index contributed by atoms with van der Waals surface area (Å²) in [5.74, 6) is 1.79. The van der Waals surface area contributed by atoms with Crippen LogP contribution in [-0.4, -0.2) is 15.9 Å². The number of halogens is 1. The van der Waals surface area contributed by atoms with Crippen LogP contribution in [0.2, 0.25) is 0 Å². The van der Waals surface area contributed by atoms with E-state index in [-0.39, 0.29) is 11.7 Å². The molecular weight excluding hydrogens is 334 g/mol. The van der Waals surface area contributed by atoms with E-state index in [4.69, 9.17) is 4.42 Å². The molecular formula is C15H16BrN3O2. The topological polar surface area (TPSA) is 68.0 Å². The van der Waals surface area contributed by atoms with Crippen molar-refractivity contribution < 1.29 is 9.21 Å². The lowest BCUT2D eigenvalue weighted by atomic mass is 10.3. The van der Waals surface area contributed by atoms with Crippen LogP contribution in [0.25, 0.3) is 0 Å². The third kappa shape index (κ3) is 3.32. The third-order valence-electron chi connectivity index (χ3n) is 3.47. The summed E-state index contributed by atoms with van der Waals surface area (Å²) in [4.78, 5) is 20.9. The minimum atomic E-state index is -0.309. The van der Waals surface area contributed by atoms with E-state index in [0.717, 1.165) is 16.6 Å². The molecule has 1 fully saturated rings. The number of carbonyl (C=O) groups is 1. The van der Waals surface area contributed by atoms with Crippen molar-refractivity contribution in [1.82, 2.24) is 9.97 Å². The van der Waals surface area contributed by atoms with Gasteiger partial charge in [0.15, 0.2) is 5.89 Å². The second-order valence-corrected chi connectivity index (χ2v) is 6.24. The fraction of sp³-hybridized carbons (Fsp3) is 0.400. The fourth-order valence-electron chi connectivity index (χ4n) is 2.11. The number of oxazole rings is 1. The minimum Gasteiger partial charge on any atom is -0.435 e. The van der Waals surface area contributed by atoms with E-state index < -0.39 is 0 Å². The summed E-state index contributed by atoms with van der Waals surface area (Å²) in [7, 11) is 0. The Labute approximate surface area is 131 Å². The SMILES string of the molecule is Cc1nc(NC(=O)c2oc(CC3CC3)nc2C)ccc1Br. The number of hydrogen-bond donors (Lipinski definition) is 1. The monoisotopic (exact) mass is 349 g/mol. The van der Waals surface area contributed by atoms with E-state index in [1.807, 2.05) is 13.0 Å². The second kappa shape index (κ2) is 5.60. The van der Waals surface area contributed by atoms with Crippen molar-refractivity contribution in [2.24, 2.45) is 5.92 Å². The van der Waals surface area contributed by atoms with Crippen LogP contribution in [0.3, 0.4) is 0 Å². The molecule has 1 N–H and O–H groups in total. The number of hydrogen-bond acceptors (Lipinski definition) is 4. The Balaban J connectivity index is 1.74. The molecule has 0 aromatic carbocycles. The van der Waals surface area contributed by atoms with Crippen LogP contribution in [0.1, 0.15) is 40.7 Å². The van der Waals surface area contributed by atoms with Crippen LogP contribution in [-0.2, 0) is 6.42 Å². The molecule has 5 nitrogen and oxygen atoms in total. The third-order valence-corrected chi connectivity index (χ3v) is 4.31. The molecule has 0 radical (unpaired) electrons. The summed E-state index contributed by atoms with van der Waals surface area (Å²) in [6.07, 6.45) is 3.28. The molecule has 0 bridgehead atoms. The van der Waals surface area contributed by atoms with Crippen molar-refractivity contribution >= 4 is 27.7 Å². The van der Waals surface area contributed by atoms with Gasteiger partial charge < -0.3 is 9.73 Å². The van der Waals surface area contributed by atoms with Crippen LogP contribution in [0.4, 0.5) is 5.82 Å².